The van der Waals surface area contributed by atoms with Crippen LogP contribution in [0.2, 0.25) is 5.02 Å². The maximum atomic E-state index is 8.92. The molecule has 0 aliphatic carbocycles. The Labute approximate surface area is 89.6 Å². The van der Waals surface area contributed by atoms with E-state index >= 15 is 0 Å². The van der Waals surface area contributed by atoms with E-state index in [2.05, 4.69) is 22.6 Å². The maximum Gasteiger partial charge on any atom is 0.125 e. The number of hydrogen-bond donors (Lipinski definition) is 1. The Hall–Kier alpha value is -0.000000000000000132. The van der Waals surface area contributed by atoms with Crippen LogP contribution >= 0.6 is 34.2 Å². The lowest BCUT2D eigenvalue weighted by Gasteiger charge is -2.07. The normalized spacial score (nSPS) is 10.0. The summed E-state index contributed by atoms with van der Waals surface area (Å²) in [6.45, 7) is -0.0557. The fourth-order valence-corrected chi connectivity index (χ4v) is 1.51. The van der Waals surface area contributed by atoms with E-state index in [1.54, 1.807) is 19.2 Å². The zero-order chi connectivity index (χ0) is 9.14. The van der Waals surface area contributed by atoms with Gasteiger partial charge in [0.1, 0.15) is 5.75 Å². The molecule has 1 aromatic carbocycles. The summed E-state index contributed by atoms with van der Waals surface area (Å²) in [6, 6.07) is 3.51. The standard InChI is InChI=1S/C8H8ClIO2/c1-12-8-3-7(10)6(9)2-5(8)4-11/h2-3,11H,4H2,1H3. The number of methoxy groups -OCH3 is 1. The summed E-state index contributed by atoms with van der Waals surface area (Å²) in [5.74, 6) is 0.673. The number of halogens is 2. The van der Waals surface area contributed by atoms with Gasteiger partial charge in [0.25, 0.3) is 0 Å². The van der Waals surface area contributed by atoms with Gasteiger partial charge in [-0.25, -0.2) is 0 Å². The van der Waals surface area contributed by atoms with Crippen molar-refractivity contribution >= 4 is 34.2 Å². The van der Waals surface area contributed by atoms with Crippen LogP contribution in [0.4, 0.5) is 0 Å². The molecule has 1 N–H and O–H groups in total. The Balaban J connectivity index is 3.19. The predicted molar refractivity (Wildman–Crippen MR) is 56.6 cm³/mol. The first-order valence-corrected chi connectivity index (χ1v) is 4.77. The van der Waals surface area contributed by atoms with Crippen molar-refractivity contribution in [1.29, 1.82) is 0 Å². The molecule has 4 heteroatoms. The van der Waals surface area contributed by atoms with Crippen LogP contribution in [0.25, 0.3) is 0 Å². The SMILES string of the molecule is COc1cc(I)c(Cl)cc1CO. The molecular weight excluding hydrogens is 290 g/mol. The fraction of sp³-hybridized carbons (Fsp3) is 0.250. The summed E-state index contributed by atoms with van der Waals surface area (Å²) in [7, 11) is 1.57. The van der Waals surface area contributed by atoms with Crippen molar-refractivity contribution in [3.63, 3.8) is 0 Å². The molecule has 0 heterocycles. The molecule has 0 spiro atoms. The average molecular weight is 299 g/mol. The lowest BCUT2D eigenvalue weighted by Crippen LogP contribution is -1.92. The fourth-order valence-electron chi connectivity index (χ4n) is 0.883. The summed E-state index contributed by atoms with van der Waals surface area (Å²) in [5, 5.41) is 9.56. The summed E-state index contributed by atoms with van der Waals surface area (Å²) >= 11 is 7.96. The lowest BCUT2D eigenvalue weighted by molar-refractivity contribution is 0.273. The quantitative estimate of drug-likeness (QED) is 0.850. The minimum absolute atomic E-state index is 0.0557. The molecule has 12 heavy (non-hydrogen) atoms. The largest absolute Gasteiger partial charge is 0.496 e. The third kappa shape index (κ3) is 2.02. The molecule has 1 aromatic rings. The number of hydrogen-bond acceptors (Lipinski definition) is 2. The number of ether oxygens (including phenoxy) is 1. The summed E-state index contributed by atoms with van der Waals surface area (Å²) in [6.07, 6.45) is 0. The van der Waals surface area contributed by atoms with Gasteiger partial charge in [-0.1, -0.05) is 11.6 Å². The van der Waals surface area contributed by atoms with Crippen molar-refractivity contribution in [2.75, 3.05) is 7.11 Å². The van der Waals surface area contributed by atoms with Crippen LogP contribution in [0.1, 0.15) is 5.56 Å². The minimum Gasteiger partial charge on any atom is -0.496 e. The first-order valence-electron chi connectivity index (χ1n) is 3.31. The first kappa shape index (κ1) is 10.1. The van der Waals surface area contributed by atoms with E-state index < -0.39 is 0 Å². The molecule has 0 amide bonds. The van der Waals surface area contributed by atoms with Crippen LogP contribution in [-0.4, -0.2) is 12.2 Å². The number of benzene rings is 1. The molecule has 0 aliphatic rings. The molecule has 2 nitrogen and oxygen atoms in total. The molecule has 0 radical (unpaired) electrons. The van der Waals surface area contributed by atoms with Gasteiger partial charge >= 0.3 is 0 Å². The van der Waals surface area contributed by atoms with Gasteiger partial charge in [-0.3, -0.25) is 0 Å². The second-order valence-electron chi connectivity index (χ2n) is 2.24. The predicted octanol–water partition coefficient (Wildman–Crippen LogP) is 2.45. The van der Waals surface area contributed by atoms with E-state index in [1.165, 1.54) is 0 Å². The van der Waals surface area contributed by atoms with E-state index in [0.717, 1.165) is 3.57 Å². The summed E-state index contributed by atoms with van der Waals surface area (Å²) in [5.41, 5.74) is 0.711. The van der Waals surface area contributed by atoms with Gasteiger partial charge in [-0.2, -0.15) is 0 Å². The van der Waals surface area contributed by atoms with E-state index in [0.29, 0.717) is 16.3 Å². The third-order valence-corrected chi connectivity index (χ3v) is 3.02. The van der Waals surface area contributed by atoms with Crippen molar-refractivity contribution in [3.8, 4) is 5.75 Å². The highest BCUT2D eigenvalue weighted by Crippen LogP contribution is 2.27. The summed E-state index contributed by atoms with van der Waals surface area (Å²) in [4.78, 5) is 0. The van der Waals surface area contributed by atoms with E-state index in [4.69, 9.17) is 21.4 Å². The molecule has 0 atom stereocenters. The monoisotopic (exact) mass is 298 g/mol. The van der Waals surface area contributed by atoms with Crippen molar-refractivity contribution in [2.45, 2.75) is 6.61 Å². The Morgan fingerprint density at radius 1 is 1.58 bits per heavy atom. The number of rotatable bonds is 2. The zero-order valence-electron chi connectivity index (χ0n) is 6.47. The average Bonchev–Trinajstić information content (AvgIpc) is 2.09. The van der Waals surface area contributed by atoms with Crippen LogP contribution in [0.5, 0.6) is 5.75 Å². The molecule has 0 aromatic heterocycles. The minimum atomic E-state index is -0.0557. The van der Waals surface area contributed by atoms with Gasteiger partial charge in [0, 0.05) is 9.13 Å². The summed E-state index contributed by atoms with van der Waals surface area (Å²) < 4.78 is 5.97. The molecular formula is C8H8ClIO2. The maximum absolute atomic E-state index is 8.92. The molecule has 66 valence electrons. The van der Waals surface area contributed by atoms with E-state index in [1.807, 2.05) is 0 Å². The van der Waals surface area contributed by atoms with Crippen molar-refractivity contribution in [1.82, 2.24) is 0 Å². The molecule has 0 saturated heterocycles. The van der Waals surface area contributed by atoms with Gasteiger partial charge < -0.3 is 9.84 Å². The third-order valence-electron chi connectivity index (χ3n) is 1.49. The van der Waals surface area contributed by atoms with Gasteiger partial charge in [0.05, 0.1) is 18.7 Å². The smallest absolute Gasteiger partial charge is 0.125 e. The van der Waals surface area contributed by atoms with E-state index in [9.17, 15) is 0 Å². The lowest BCUT2D eigenvalue weighted by atomic mass is 10.2. The Morgan fingerprint density at radius 3 is 2.75 bits per heavy atom. The second-order valence-corrected chi connectivity index (χ2v) is 3.81. The molecule has 1 rings (SSSR count). The molecule has 0 aliphatic heterocycles. The Kier molecular flexibility index (Phi) is 3.61. The second kappa shape index (κ2) is 4.30. The van der Waals surface area contributed by atoms with Gasteiger partial charge in [-0.15, -0.1) is 0 Å². The molecule has 0 unspecified atom stereocenters. The highest BCUT2D eigenvalue weighted by atomic mass is 127. The molecule has 0 bridgehead atoms. The van der Waals surface area contributed by atoms with Gasteiger partial charge in [0.2, 0.25) is 0 Å². The number of aliphatic hydroxyl groups excluding tert-OH is 1. The van der Waals surface area contributed by atoms with Crippen LogP contribution in [0.3, 0.4) is 0 Å². The van der Waals surface area contributed by atoms with E-state index in [-0.39, 0.29) is 6.61 Å². The van der Waals surface area contributed by atoms with Gasteiger partial charge in [-0.05, 0) is 34.7 Å². The van der Waals surface area contributed by atoms with Crippen molar-refractivity contribution < 1.29 is 9.84 Å². The van der Waals surface area contributed by atoms with Gasteiger partial charge in [0.15, 0.2) is 0 Å². The Bertz CT molecular complexity index is 260. The van der Waals surface area contributed by atoms with Crippen LogP contribution in [0.15, 0.2) is 12.1 Å². The van der Waals surface area contributed by atoms with Crippen LogP contribution < -0.4 is 4.74 Å². The van der Waals surface area contributed by atoms with Crippen LogP contribution in [-0.2, 0) is 6.61 Å². The van der Waals surface area contributed by atoms with Crippen LogP contribution in [0, 0.1) is 3.57 Å². The van der Waals surface area contributed by atoms with Crippen molar-refractivity contribution in [2.24, 2.45) is 0 Å². The Morgan fingerprint density at radius 2 is 2.25 bits per heavy atom. The molecule has 0 fully saturated rings. The van der Waals surface area contributed by atoms with Crippen molar-refractivity contribution in [3.05, 3.63) is 26.3 Å². The number of aliphatic hydroxyl groups is 1. The topological polar surface area (TPSA) is 29.5 Å². The first-order chi connectivity index (χ1) is 5.69. The molecule has 0 saturated carbocycles. The highest BCUT2D eigenvalue weighted by molar-refractivity contribution is 14.1. The highest BCUT2D eigenvalue weighted by Gasteiger charge is 2.05. The zero-order valence-corrected chi connectivity index (χ0v) is 9.39.